The number of rotatable bonds is 2. The van der Waals surface area contributed by atoms with E-state index >= 15 is 0 Å². The van der Waals surface area contributed by atoms with E-state index in [1.807, 2.05) is 0 Å². The highest BCUT2D eigenvalue weighted by atomic mass is 16.5. The largest absolute Gasteiger partial charge is 0.510 e. The lowest BCUT2D eigenvalue weighted by molar-refractivity contribution is -0.152. The lowest BCUT2D eigenvalue weighted by atomic mass is 9.94. The van der Waals surface area contributed by atoms with E-state index in [2.05, 4.69) is 11.3 Å². The Morgan fingerprint density at radius 1 is 1.69 bits per heavy atom. The van der Waals surface area contributed by atoms with Gasteiger partial charge in [-0.25, -0.2) is 4.79 Å². The molecule has 1 fully saturated rings. The molecule has 0 aliphatic carbocycles. The quantitative estimate of drug-likeness (QED) is 0.508. The van der Waals surface area contributed by atoms with E-state index in [9.17, 15) is 9.90 Å². The summed E-state index contributed by atoms with van der Waals surface area (Å²) in [5, 5.41) is 9.44. The van der Waals surface area contributed by atoms with Crippen molar-refractivity contribution in [1.82, 2.24) is 4.90 Å². The van der Waals surface area contributed by atoms with Crippen molar-refractivity contribution in [1.29, 1.82) is 0 Å². The van der Waals surface area contributed by atoms with Crippen molar-refractivity contribution in [3.8, 4) is 0 Å². The van der Waals surface area contributed by atoms with Crippen LogP contribution in [0.25, 0.3) is 0 Å². The Kier molecular flexibility index (Phi) is 2.61. The van der Waals surface area contributed by atoms with Gasteiger partial charge in [0.1, 0.15) is 5.76 Å². The van der Waals surface area contributed by atoms with E-state index in [-0.39, 0.29) is 5.76 Å². The number of hydrogen-bond donors (Lipinski definition) is 1. The molecule has 0 aromatic heterocycles. The summed E-state index contributed by atoms with van der Waals surface area (Å²) in [6, 6.07) is 0. The van der Waals surface area contributed by atoms with E-state index in [1.54, 1.807) is 11.9 Å². The molecule has 4 heteroatoms. The van der Waals surface area contributed by atoms with Gasteiger partial charge in [-0.05, 0) is 26.4 Å². The Morgan fingerprint density at radius 2 is 2.31 bits per heavy atom. The third-order valence-corrected chi connectivity index (χ3v) is 2.68. The summed E-state index contributed by atoms with van der Waals surface area (Å²) in [6.07, 6.45) is 1.44. The van der Waals surface area contributed by atoms with E-state index in [4.69, 9.17) is 0 Å². The molecule has 0 aromatic carbocycles. The van der Waals surface area contributed by atoms with Crippen LogP contribution in [0.15, 0.2) is 12.3 Å². The molecule has 13 heavy (non-hydrogen) atoms. The van der Waals surface area contributed by atoms with Crippen molar-refractivity contribution in [2.75, 3.05) is 20.7 Å². The summed E-state index contributed by atoms with van der Waals surface area (Å²) in [5.74, 6) is -0.556. The summed E-state index contributed by atoms with van der Waals surface area (Å²) in [4.78, 5) is 13.3. The molecule has 1 N–H and O–H groups in total. The molecule has 0 aromatic rings. The minimum Gasteiger partial charge on any atom is -0.510 e. The van der Waals surface area contributed by atoms with Crippen LogP contribution in [0.2, 0.25) is 0 Å². The van der Waals surface area contributed by atoms with Crippen LogP contribution < -0.4 is 0 Å². The van der Waals surface area contributed by atoms with Gasteiger partial charge in [-0.3, -0.25) is 4.90 Å². The highest BCUT2D eigenvalue weighted by molar-refractivity contribution is 5.84. The maximum absolute atomic E-state index is 11.5. The first-order valence-electron chi connectivity index (χ1n) is 4.23. The zero-order valence-electron chi connectivity index (χ0n) is 8.04. The molecule has 0 radical (unpaired) electrons. The Morgan fingerprint density at radius 3 is 2.62 bits per heavy atom. The van der Waals surface area contributed by atoms with Crippen molar-refractivity contribution in [3.05, 3.63) is 12.3 Å². The van der Waals surface area contributed by atoms with Gasteiger partial charge >= 0.3 is 5.97 Å². The third kappa shape index (κ3) is 1.31. The highest BCUT2D eigenvalue weighted by Gasteiger charge is 2.49. The van der Waals surface area contributed by atoms with Crippen LogP contribution in [0.1, 0.15) is 12.8 Å². The molecular weight excluding hydrogens is 170 g/mol. The molecule has 1 aliphatic rings. The Labute approximate surface area is 77.8 Å². The smallest absolute Gasteiger partial charge is 0.334 e. The fourth-order valence-corrected chi connectivity index (χ4v) is 1.86. The Balaban J connectivity index is 3.00. The predicted octanol–water partition coefficient (Wildman–Crippen LogP) is 0.696. The average molecular weight is 185 g/mol. The van der Waals surface area contributed by atoms with E-state index in [0.29, 0.717) is 6.42 Å². The number of nitrogens with zero attached hydrogens (tertiary/aromatic N) is 1. The first-order chi connectivity index (χ1) is 6.05. The zero-order chi connectivity index (χ0) is 10.1. The molecule has 1 heterocycles. The van der Waals surface area contributed by atoms with Gasteiger partial charge in [-0.1, -0.05) is 6.58 Å². The van der Waals surface area contributed by atoms with Crippen molar-refractivity contribution in [2.45, 2.75) is 18.4 Å². The second-order valence-electron chi connectivity index (χ2n) is 3.32. The van der Waals surface area contributed by atoms with Crippen LogP contribution in [-0.4, -0.2) is 42.2 Å². The lowest BCUT2D eigenvalue weighted by Crippen LogP contribution is -2.50. The van der Waals surface area contributed by atoms with E-state index in [1.165, 1.54) is 7.11 Å². The maximum atomic E-state index is 11.5. The number of aliphatic hydroxyl groups excluding tert-OH is 1. The summed E-state index contributed by atoms with van der Waals surface area (Å²) >= 11 is 0. The molecule has 0 unspecified atom stereocenters. The minimum absolute atomic E-state index is 0.126. The molecule has 74 valence electrons. The second kappa shape index (κ2) is 3.38. The van der Waals surface area contributed by atoms with E-state index in [0.717, 1.165) is 13.0 Å². The van der Waals surface area contributed by atoms with E-state index < -0.39 is 11.5 Å². The predicted molar refractivity (Wildman–Crippen MR) is 48.4 cm³/mol. The monoisotopic (exact) mass is 185 g/mol. The van der Waals surface area contributed by atoms with Gasteiger partial charge in [0.15, 0.2) is 5.54 Å². The van der Waals surface area contributed by atoms with Gasteiger partial charge in [0.25, 0.3) is 0 Å². The van der Waals surface area contributed by atoms with Gasteiger partial charge in [0, 0.05) is 0 Å². The molecule has 0 saturated carbocycles. The zero-order valence-corrected chi connectivity index (χ0v) is 8.04. The standard InChI is InChI=1S/C9H15NO3/c1-7(11)9(8(12)13-3)5-4-6-10(9)2/h11H,1,4-6H2,2-3H3/t9-/m1/s1. The molecule has 4 nitrogen and oxygen atoms in total. The molecular formula is C9H15NO3. The first-order valence-corrected chi connectivity index (χ1v) is 4.23. The normalized spacial score (nSPS) is 28.8. The number of methoxy groups -OCH3 is 1. The molecule has 1 saturated heterocycles. The van der Waals surface area contributed by atoms with Gasteiger partial charge in [-0.15, -0.1) is 0 Å². The molecule has 0 amide bonds. The van der Waals surface area contributed by atoms with Crippen LogP contribution in [-0.2, 0) is 9.53 Å². The number of esters is 1. The number of carbonyl (C=O) groups is 1. The maximum Gasteiger partial charge on any atom is 0.334 e. The highest BCUT2D eigenvalue weighted by Crippen LogP contribution is 2.33. The van der Waals surface area contributed by atoms with Crippen molar-refractivity contribution in [3.63, 3.8) is 0 Å². The van der Waals surface area contributed by atoms with Crippen LogP contribution in [0, 0.1) is 0 Å². The number of hydrogen-bond acceptors (Lipinski definition) is 4. The molecule has 1 aliphatic heterocycles. The van der Waals surface area contributed by atoms with Crippen molar-refractivity contribution >= 4 is 5.97 Å². The minimum atomic E-state index is -1.01. The topological polar surface area (TPSA) is 49.8 Å². The fourth-order valence-electron chi connectivity index (χ4n) is 1.86. The second-order valence-corrected chi connectivity index (χ2v) is 3.32. The number of aliphatic hydroxyl groups is 1. The van der Waals surface area contributed by atoms with Crippen LogP contribution in [0.3, 0.4) is 0 Å². The number of ether oxygens (including phenoxy) is 1. The molecule has 1 rings (SSSR count). The van der Waals surface area contributed by atoms with Gasteiger partial charge < -0.3 is 9.84 Å². The lowest BCUT2D eigenvalue weighted by Gasteiger charge is -2.31. The van der Waals surface area contributed by atoms with Gasteiger partial charge in [0.2, 0.25) is 0 Å². The van der Waals surface area contributed by atoms with Crippen LogP contribution in [0.5, 0.6) is 0 Å². The van der Waals surface area contributed by atoms with Crippen molar-refractivity contribution < 1.29 is 14.6 Å². The van der Waals surface area contributed by atoms with Crippen molar-refractivity contribution in [2.24, 2.45) is 0 Å². The summed E-state index contributed by atoms with van der Waals surface area (Å²) < 4.78 is 4.67. The van der Waals surface area contributed by atoms with Gasteiger partial charge in [0.05, 0.1) is 7.11 Å². The number of likely N-dealkylation sites (tertiary alicyclic amines) is 1. The first kappa shape index (κ1) is 10.1. The van der Waals surface area contributed by atoms with Crippen LogP contribution in [0.4, 0.5) is 0 Å². The summed E-state index contributed by atoms with van der Waals surface area (Å²) in [5.41, 5.74) is -1.01. The summed E-state index contributed by atoms with van der Waals surface area (Å²) in [6.45, 7) is 4.21. The summed E-state index contributed by atoms with van der Waals surface area (Å²) in [7, 11) is 3.10. The molecule has 0 bridgehead atoms. The average Bonchev–Trinajstić information content (AvgIpc) is 2.47. The molecule has 1 atom stereocenters. The Bertz CT molecular complexity index is 239. The van der Waals surface area contributed by atoms with Gasteiger partial charge in [-0.2, -0.15) is 0 Å². The SMILES string of the molecule is C=C(O)[C@@]1(C(=O)OC)CCCN1C. The number of carbonyl (C=O) groups excluding carboxylic acids is 1. The molecule has 0 spiro atoms. The fraction of sp³-hybridized carbons (Fsp3) is 0.667. The third-order valence-electron chi connectivity index (χ3n) is 2.68. The Hall–Kier alpha value is -1.03. The number of likely N-dealkylation sites (N-methyl/N-ethyl adjacent to an activating group) is 1. The van der Waals surface area contributed by atoms with Crippen LogP contribution >= 0.6 is 0 Å².